The Hall–Kier alpha value is -1.36. The first kappa shape index (κ1) is 10.6. The summed E-state index contributed by atoms with van der Waals surface area (Å²) >= 11 is 0. The van der Waals surface area contributed by atoms with E-state index >= 15 is 0 Å². The maximum Gasteiger partial charge on any atom is 0.0586 e. The number of rotatable bonds is 4. The topological polar surface area (TPSA) is 12.0 Å². The lowest BCUT2D eigenvalue weighted by atomic mass is 10.3. The first-order valence-corrected chi connectivity index (χ1v) is 4.06. The third kappa shape index (κ3) is 8.64. The molecule has 0 unspecified atom stereocenters. The highest BCUT2D eigenvalue weighted by Crippen LogP contribution is 1.80. The van der Waals surface area contributed by atoms with Crippen LogP contribution in [0.3, 0.4) is 0 Å². The van der Waals surface area contributed by atoms with Crippen LogP contribution in [0.4, 0.5) is 0 Å². The molecule has 0 spiro atoms. The molecular weight excluding hydrogens is 146 g/mol. The molecule has 12 heavy (non-hydrogen) atoms. The van der Waals surface area contributed by atoms with Crippen LogP contribution >= 0.6 is 0 Å². The van der Waals surface area contributed by atoms with Crippen LogP contribution in [0.2, 0.25) is 0 Å². The van der Waals surface area contributed by atoms with Gasteiger partial charge in [0, 0.05) is 0 Å². The number of nitrogens with one attached hydrogen (secondary N) is 1. The lowest BCUT2D eigenvalue weighted by Gasteiger charge is -1.95. The molecule has 0 saturated carbocycles. The molecule has 0 aliphatic carbocycles. The molecule has 0 atom stereocenters. The standard InChI is InChI=1S/C11H13N/c1-3-5-7-8-9-11-12-10-6-4-2/h1,12H,4,6,10-11H2,2H3. The fraction of sp³-hybridized carbons (Fsp3) is 0.455. The lowest BCUT2D eigenvalue weighted by molar-refractivity contribution is 0.687. The summed E-state index contributed by atoms with van der Waals surface area (Å²) < 4.78 is 0. The average Bonchev–Trinajstić information content (AvgIpc) is 2.10. The van der Waals surface area contributed by atoms with Crippen molar-refractivity contribution in [1.82, 2.24) is 5.32 Å². The number of terminal acetylenes is 1. The Morgan fingerprint density at radius 2 is 2.08 bits per heavy atom. The minimum absolute atomic E-state index is 0.694. The van der Waals surface area contributed by atoms with E-state index in [1.165, 1.54) is 12.8 Å². The second-order valence-electron chi connectivity index (χ2n) is 2.23. The predicted molar refractivity (Wildman–Crippen MR) is 52.2 cm³/mol. The van der Waals surface area contributed by atoms with Crippen molar-refractivity contribution >= 4 is 0 Å². The van der Waals surface area contributed by atoms with Gasteiger partial charge in [0.25, 0.3) is 0 Å². The van der Waals surface area contributed by atoms with Crippen molar-refractivity contribution in [3.05, 3.63) is 0 Å². The summed E-state index contributed by atoms with van der Waals surface area (Å²) in [4.78, 5) is 0. The molecule has 0 heterocycles. The van der Waals surface area contributed by atoms with E-state index in [9.17, 15) is 0 Å². The summed E-state index contributed by atoms with van der Waals surface area (Å²) in [6.07, 6.45) is 7.30. The van der Waals surface area contributed by atoms with Gasteiger partial charge in [0.1, 0.15) is 0 Å². The van der Waals surface area contributed by atoms with Gasteiger partial charge in [0.2, 0.25) is 0 Å². The molecule has 1 nitrogen and oxygen atoms in total. The van der Waals surface area contributed by atoms with Gasteiger partial charge in [-0.1, -0.05) is 19.3 Å². The summed E-state index contributed by atoms with van der Waals surface area (Å²) in [5.41, 5.74) is 0. The van der Waals surface area contributed by atoms with Crippen molar-refractivity contribution in [2.75, 3.05) is 13.1 Å². The Kier molecular flexibility index (Phi) is 8.55. The minimum atomic E-state index is 0.694. The highest BCUT2D eigenvalue weighted by Gasteiger charge is 1.79. The van der Waals surface area contributed by atoms with Crippen LogP contribution in [0.25, 0.3) is 0 Å². The molecule has 1 heteroatoms. The van der Waals surface area contributed by atoms with Crippen molar-refractivity contribution in [2.45, 2.75) is 19.8 Å². The van der Waals surface area contributed by atoms with Gasteiger partial charge in [-0.2, -0.15) is 0 Å². The zero-order chi connectivity index (χ0) is 9.07. The smallest absolute Gasteiger partial charge is 0.0586 e. The Balaban J connectivity index is 3.29. The quantitative estimate of drug-likeness (QED) is 0.477. The molecule has 0 saturated heterocycles. The summed E-state index contributed by atoms with van der Waals surface area (Å²) in [5.74, 6) is 12.7. The van der Waals surface area contributed by atoms with Gasteiger partial charge >= 0.3 is 0 Å². The molecule has 0 aromatic heterocycles. The van der Waals surface area contributed by atoms with Crippen molar-refractivity contribution in [1.29, 1.82) is 0 Å². The first-order chi connectivity index (χ1) is 5.91. The van der Waals surface area contributed by atoms with Crippen LogP contribution < -0.4 is 5.32 Å². The Morgan fingerprint density at radius 3 is 2.75 bits per heavy atom. The van der Waals surface area contributed by atoms with Crippen molar-refractivity contribution in [2.24, 2.45) is 0 Å². The molecule has 0 radical (unpaired) electrons. The summed E-state index contributed by atoms with van der Waals surface area (Å²) in [5, 5.41) is 3.17. The molecule has 0 bridgehead atoms. The second kappa shape index (κ2) is 9.64. The first-order valence-electron chi connectivity index (χ1n) is 4.06. The van der Waals surface area contributed by atoms with Gasteiger partial charge in [0.05, 0.1) is 6.54 Å². The van der Waals surface area contributed by atoms with Gasteiger partial charge in [-0.15, -0.1) is 6.42 Å². The van der Waals surface area contributed by atoms with Crippen LogP contribution in [0, 0.1) is 36.0 Å². The highest BCUT2D eigenvalue weighted by atomic mass is 14.8. The molecule has 0 aromatic carbocycles. The van der Waals surface area contributed by atoms with Crippen LogP contribution in [-0.4, -0.2) is 13.1 Å². The number of hydrogen-bond acceptors (Lipinski definition) is 1. The van der Waals surface area contributed by atoms with Gasteiger partial charge in [-0.25, -0.2) is 0 Å². The number of unbranched alkanes of at least 4 members (excludes halogenated alkanes) is 1. The molecule has 0 aliphatic rings. The van der Waals surface area contributed by atoms with E-state index in [0.29, 0.717) is 6.54 Å². The normalized spacial score (nSPS) is 7.00. The second-order valence-corrected chi connectivity index (χ2v) is 2.23. The van der Waals surface area contributed by atoms with E-state index in [2.05, 4.69) is 41.8 Å². The minimum Gasteiger partial charge on any atom is -0.306 e. The van der Waals surface area contributed by atoms with E-state index in [4.69, 9.17) is 6.42 Å². The fourth-order valence-electron chi connectivity index (χ4n) is 0.608. The van der Waals surface area contributed by atoms with Gasteiger partial charge in [0.15, 0.2) is 0 Å². The highest BCUT2D eigenvalue weighted by molar-refractivity contribution is 5.33. The van der Waals surface area contributed by atoms with Gasteiger partial charge in [-0.05, 0) is 36.6 Å². The van der Waals surface area contributed by atoms with Crippen molar-refractivity contribution in [3.8, 4) is 36.0 Å². The summed E-state index contributed by atoms with van der Waals surface area (Å²) in [7, 11) is 0. The SMILES string of the molecule is C#CC#CC#CCNCCCC. The van der Waals surface area contributed by atoms with Crippen LogP contribution in [0.1, 0.15) is 19.8 Å². The van der Waals surface area contributed by atoms with E-state index in [0.717, 1.165) is 6.54 Å². The lowest BCUT2D eigenvalue weighted by Crippen LogP contribution is -2.14. The van der Waals surface area contributed by atoms with Crippen LogP contribution in [0.15, 0.2) is 0 Å². The van der Waals surface area contributed by atoms with Gasteiger partial charge in [-0.3, -0.25) is 0 Å². The molecule has 0 amide bonds. The molecule has 0 aliphatic heterocycles. The predicted octanol–water partition coefficient (Wildman–Crippen LogP) is 1.02. The number of hydrogen-bond donors (Lipinski definition) is 1. The largest absolute Gasteiger partial charge is 0.306 e. The van der Waals surface area contributed by atoms with Gasteiger partial charge < -0.3 is 5.32 Å². The van der Waals surface area contributed by atoms with Crippen molar-refractivity contribution in [3.63, 3.8) is 0 Å². The molecule has 0 fully saturated rings. The van der Waals surface area contributed by atoms with E-state index in [1.807, 2.05) is 0 Å². The monoisotopic (exact) mass is 159 g/mol. The van der Waals surface area contributed by atoms with E-state index in [-0.39, 0.29) is 0 Å². The fourth-order valence-corrected chi connectivity index (χ4v) is 0.608. The third-order valence-electron chi connectivity index (χ3n) is 1.21. The zero-order valence-electron chi connectivity index (χ0n) is 7.41. The average molecular weight is 159 g/mol. The maximum atomic E-state index is 4.90. The summed E-state index contributed by atoms with van der Waals surface area (Å²) in [6.45, 7) is 3.87. The Morgan fingerprint density at radius 1 is 1.25 bits per heavy atom. The molecule has 62 valence electrons. The van der Waals surface area contributed by atoms with E-state index < -0.39 is 0 Å². The molecule has 1 N–H and O–H groups in total. The Labute approximate surface area is 74.9 Å². The van der Waals surface area contributed by atoms with Crippen molar-refractivity contribution < 1.29 is 0 Å². The maximum absolute atomic E-state index is 4.90. The summed E-state index contributed by atoms with van der Waals surface area (Å²) in [6, 6.07) is 0. The third-order valence-corrected chi connectivity index (χ3v) is 1.21. The Bertz CT molecular complexity index is 249. The van der Waals surface area contributed by atoms with E-state index in [1.54, 1.807) is 0 Å². The zero-order valence-corrected chi connectivity index (χ0v) is 7.41. The van der Waals surface area contributed by atoms with Crippen LogP contribution in [-0.2, 0) is 0 Å². The van der Waals surface area contributed by atoms with Crippen LogP contribution in [0.5, 0.6) is 0 Å². The molecule has 0 aromatic rings. The molecule has 0 rings (SSSR count). The molecular formula is C11H13N.